The average Bonchev–Trinajstić information content (AvgIpc) is 2.97. The van der Waals surface area contributed by atoms with Crippen LogP contribution < -0.4 is 34.0 Å². The zero-order valence-electron chi connectivity index (χ0n) is 21.7. The number of ether oxygens (including phenoxy) is 2. The first kappa shape index (κ1) is 32.6. The van der Waals surface area contributed by atoms with Crippen LogP contribution in [0, 0.1) is 11.8 Å². The van der Waals surface area contributed by atoms with E-state index < -0.39 is 0 Å². The Bertz CT molecular complexity index is 612. The molecule has 2 spiro atoms. The van der Waals surface area contributed by atoms with Crippen molar-refractivity contribution in [3.63, 3.8) is 0 Å². The first-order valence-corrected chi connectivity index (χ1v) is 13.4. The molecule has 2 atom stereocenters. The third-order valence-electron chi connectivity index (χ3n) is 8.05. The Kier molecular flexibility index (Phi) is 13.9. The van der Waals surface area contributed by atoms with Gasteiger partial charge in [-0.2, -0.15) is 0 Å². The van der Waals surface area contributed by atoms with Crippen molar-refractivity contribution >= 4 is 11.8 Å². The van der Waals surface area contributed by atoms with Crippen LogP contribution in [0.25, 0.3) is 0 Å². The maximum Gasteiger partial charge on any atom is 2.00 e. The first-order valence-electron chi connectivity index (χ1n) is 13.4. The van der Waals surface area contributed by atoms with Crippen LogP contribution in [-0.2, 0) is 29.9 Å². The van der Waals surface area contributed by atoms with Crippen molar-refractivity contribution in [2.75, 3.05) is 0 Å². The van der Waals surface area contributed by atoms with Gasteiger partial charge < -0.3 is 43.4 Å². The number of aliphatic imine (C=N–C) groups is 2. The second-order valence-corrected chi connectivity index (χ2v) is 11.7. The monoisotopic (exact) mass is 694 g/mol. The molecule has 0 aromatic heterocycles. The van der Waals surface area contributed by atoms with Crippen LogP contribution in [0.5, 0.6) is 0 Å². The van der Waals surface area contributed by atoms with Gasteiger partial charge >= 0.3 is 20.4 Å². The second-order valence-electron chi connectivity index (χ2n) is 11.7. The Morgan fingerprint density at radius 1 is 0.647 bits per heavy atom. The quantitative estimate of drug-likeness (QED) is 0.393. The molecule has 0 radical (unpaired) electrons. The average molecular weight is 697 g/mol. The van der Waals surface area contributed by atoms with Gasteiger partial charge in [-0.3, -0.25) is 0 Å². The number of nitrogens with zero attached hydrogens (tertiary/aromatic N) is 2. The van der Waals surface area contributed by atoms with Gasteiger partial charge in [-0.05, 0) is 76.0 Å². The number of hydrogen-bond donors (Lipinski definition) is 0. The molecule has 4 rings (SSSR count). The molecule has 0 aromatic rings. The van der Waals surface area contributed by atoms with Gasteiger partial charge in [0.25, 0.3) is 0 Å². The third-order valence-corrected chi connectivity index (χ3v) is 8.05. The summed E-state index contributed by atoms with van der Waals surface area (Å²) in [4.78, 5) is 10.4. The van der Waals surface area contributed by atoms with E-state index in [1.54, 1.807) is 0 Å². The van der Waals surface area contributed by atoms with Crippen LogP contribution in [0.15, 0.2) is 9.98 Å². The standard InChI is InChI=1S/C27H46N2O2.2BrH.Pd/c1-20(2)17-22-26(13-9-5-6-10-14-26)30-24(28-22)19-25-29-23(18-21(3)4)27(31-25)15-11-7-8-12-16-27;;;/h20-23H,5-19H2,1-4H3;2*1H;/q;;;+2/p-2/t22-,23-;;;/m1.../s1. The molecule has 0 unspecified atom stereocenters. The Morgan fingerprint density at radius 2 is 0.971 bits per heavy atom. The molecule has 0 aromatic carbocycles. The van der Waals surface area contributed by atoms with Crippen molar-refractivity contribution in [2.24, 2.45) is 21.8 Å². The van der Waals surface area contributed by atoms with E-state index in [4.69, 9.17) is 19.5 Å². The smallest absolute Gasteiger partial charge is 1.00 e. The molecule has 7 heteroatoms. The summed E-state index contributed by atoms with van der Waals surface area (Å²) in [7, 11) is 0. The summed E-state index contributed by atoms with van der Waals surface area (Å²) >= 11 is 0. The van der Waals surface area contributed by atoms with E-state index in [2.05, 4.69) is 27.7 Å². The SMILES string of the molecule is CC(C)C[C@H]1N=C(CC2=N[C@H](CC(C)C)C3(CCCCCC3)O2)OC12CCCCCC2.[Br-].[Br-].[Pd+2]. The molecule has 34 heavy (non-hydrogen) atoms. The zero-order valence-corrected chi connectivity index (χ0v) is 26.4. The topological polar surface area (TPSA) is 43.2 Å². The van der Waals surface area contributed by atoms with E-state index in [9.17, 15) is 0 Å². The zero-order chi connectivity index (χ0) is 21.9. The maximum atomic E-state index is 6.75. The summed E-state index contributed by atoms with van der Waals surface area (Å²) in [5.74, 6) is 3.09. The van der Waals surface area contributed by atoms with Crippen LogP contribution in [0.4, 0.5) is 0 Å². The molecule has 0 saturated heterocycles. The normalized spacial score (nSPS) is 27.5. The second kappa shape index (κ2) is 14.5. The molecular weight excluding hydrogens is 651 g/mol. The van der Waals surface area contributed by atoms with Crippen molar-refractivity contribution in [3.8, 4) is 0 Å². The van der Waals surface area contributed by atoms with Crippen LogP contribution in [0.3, 0.4) is 0 Å². The van der Waals surface area contributed by atoms with Crippen LogP contribution in [-0.4, -0.2) is 35.1 Å². The van der Waals surface area contributed by atoms with Gasteiger partial charge in [-0.25, -0.2) is 9.98 Å². The molecule has 2 aliphatic carbocycles. The Balaban J connectivity index is 0.00000193. The molecule has 2 saturated carbocycles. The minimum Gasteiger partial charge on any atom is -1.00 e. The Labute approximate surface area is 243 Å². The molecule has 0 bridgehead atoms. The maximum absolute atomic E-state index is 6.75. The summed E-state index contributed by atoms with van der Waals surface area (Å²) in [5.41, 5.74) is -0.126. The van der Waals surface area contributed by atoms with Gasteiger partial charge in [-0.1, -0.05) is 53.4 Å². The van der Waals surface area contributed by atoms with E-state index >= 15 is 0 Å². The van der Waals surface area contributed by atoms with Crippen molar-refractivity contribution in [3.05, 3.63) is 0 Å². The molecule has 0 amide bonds. The molecule has 0 N–H and O–H groups in total. The molecule has 2 aliphatic heterocycles. The van der Waals surface area contributed by atoms with Gasteiger partial charge in [0.2, 0.25) is 0 Å². The fourth-order valence-corrected chi connectivity index (χ4v) is 6.49. The molecule has 200 valence electrons. The number of rotatable bonds is 6. The number of hydrogen-bond acceptors (Lipinski definition) is 4. The molecular formula is C27H46Br2N2O2Pd. The van der Waals surface area contributed by atoms with Gasteiger partial charge in [0.1, 0.15) is 11.2 Å². The predicted octanol–water partition coefficient (Wildman–Crippen LogP) is 1.25. The Hall–Kier alpha value is 0.562. The van der Waals surface area contributed by atoms with Crippen molar-refractivity contribution in [1.82, 2.24) is 0 Å². The molecule has 4 nitrogen and oxygen atoms in total. The largest absolute Gasteiger partial charge is 2.00 e. The first-order chi connectivity index (χ1) is 14.9. The van der Waals surface area contributed by atoms with Gasteiger partial charge in [0.05, 0.1) is 18.5 Å². The third kappa shape index (κ3) is 7.78. The fourth-order valence-electron chi connectivity index (χ4n) is 6.49. The summed E-state index contributed by atoms with van der Waals surface area (Å²) in [6.45, 7) is 9.26. The number of halogens is 2. The van der Waals surface area contributed by atoms with Crippen LogP contribution in [0.1, 0.15) is 124 Å². The summed E-state index contributed by atoms with van der Waals surface area (Å²) in [5, 5.41) is 0. The van der Waals surface area contributed by atoms with Crippen molar-refractivity contribution in [1.29, 1.82) is 0 Å². The van der Waals surface area contributed by atoms with E-state index in [1.165, 1.54) is 51.4 Å². The van der Waals surface area contributed by atoms with Gasteiger partial charge in [0.15, 0.2) is 11.8 Å². The van der Waals surface area contributed by atoms with E-state index in [1.807, 2.05) is 0 Å². The van der Waals surface area contributed by atoms with Gasteiger partial charge in [0, 0.05) is 0 Å². The van der Waals surface area contributed by atoms with Crippen LogP contribution >= 0.6 is 0 Å². The predicted molar refractivity (Wildman–Crippen MR) is 129 cm³/mol. The molecule has 2 heterocycles. The van der Waals surface area contributed by atoms with E-state index in [0.29, 0.717) is 30.3 Å². The Morgan fingerprint density at radius 3 is 1.26 bits per heavy atom. The summed E-state index contributed by atoms with van der Waals surface area (Å²) in [6.07, 6.45) is 18.0. The minimum atomic E-state index is -0.0629. The molecule has 2 fully saturated rings. The summed E-state index contributed by atoms with van der Waals surface area (Å²) < 4.78 is 13.5. The molecule has 4 aliphatic rings. The van der Waals surface area contributed by atoms with E-state index in [-0.39, 0.29) is 65.6 Å². The summed E-state index contributed by atoms with van der Waals surface area (Å²) in [6, 6.07) is 0.613. The van der Waals surface area contributed by atoms with Crippen molar-refractivity contribution in [2.45, 2.75) is 147 Å². The van der Waals surface area contributed by atoms with Gasteiger partial charge in [-0.15, -0.1) is 0 Å². The van der Waals surface area contributed by atoms with E-state index in [0.717, 1.165) is 50.3 Å². The van der Waals surface area contributed by atoms with Crippen LogP contribution in [0.2, 0.25) is 0 Å². The van der Waals surface area contributed by atoms with Crippen molar-refractivity contribution < 1.29 is 63.9 Å². The fraction of sp³-hybridized carbons (Fsp3) is 0.926. The minimum absolute atomic E-state index is 0.